The van der Waals surface area contributed by atoms with Gasteiger partial charge in [0.15, 0.2) is 0 Å². The van der Waals surface area contributed by atoms with Gasteiger partial charge in [-0.05, 0) is 31.2 Å². The Morgan fingerprint density at radius 3 is 2.24 bits per heavy atom. The lowest BCUT2D eigenvalue weighted by Crippen LogP contribution is -2.66. The molecular formula is C25H32O4. The van der Waals surface area contributed by atoms with Gasteiger partial charge in [-0.15, -0.1) is 0 Å². The van der Waals surface area contributed by atoms with Crippen LogP contribution in [0.2, 0.25) is 0 Å². The van der Waals surface area contributed by atoms with Gasteiger partial charge in [-0.2, -0.15) is 0 Å². The zero-order chi connectivity index (χ0) is 20.3. The highest BCUT2D eigenvalue weighted by Gasteiger charge is 2.68. The fourth-order valence-corrected chi connectivity index (χ4v) is 5.91. The predicted octanol–water partition coefficient (Wildman–Crippen LogP) is 5.47. The molecular weight excluding hydrogens is 364 g/mol. The Labute approximate surface area is 173 Å². The summed E-state index contributed by atoms with van der Waals surface area (Å²) in [5.41, 5.74) is 0.552. The van der Waals surface area contributed by atoms with Crippen LogP contribution in [-0.4, -0.2) is 24.6 Å². The van der Waals surface area contributed by atoms with E-state index in [0.29, 0.717) is 0 Å². The summed E-state index contributed by atoms with van der Waals surface area (Å²) in [5, 5.41) is 0. The maximum atomic E-state index is 12.8. The summed E-state index contributed by atoms with van der Waals surface area (Å²) < 4.78 is 11.1. The maximum absolute atomic E-state index is 12.8. The van der Waals surface area contributed by atoms with Gasteiger partial charge in [0.2, 0.25) is 0 Å². The van der Waals surface area contributed by atoms with Gasteiger partial charge in [0.1, 0.15) is 11.2 Å². The third-order valence-corrected chi connectivity index (χ3v) is 7.44. The van der Waals surface area contributed by atoms with E-state index in [4.69, 9.17) is 9.47 Å². The third-order valence-electron chi connectivity index (χ3n) is 7.44. The van der Waals surface area contributed by atoms with Crippen molar-refractivity contribution in [1.82, 2.24) is 0 Å². The first-order chi connectivity index (χ1) is 14.1. The molecule has 2 saturated carbocycles. The lowest BCUT2D eigenvalue weighted by atomic mass is 9.44. The molecule has 2 unspecified atom stereocenters. The Morgan fingerprint density at radius 1 is 0.966 bits per heavy atom. The Kier molecular flexibility index (Phi) is 5.80. The molecule has 4 nitrogen and oxygen atoms in total. The number of ether oxygens (including phenoxy) is 2. The maximum Gasteiger partial charge on any atom is 0.345 e. The number of carbonyl (C=O) groups excluding carboxylic acids is 2. The van der Waals surface area contributed by atoms with E-state index in [1.807, 2.05) is 12.1 Å². The molecule has 2 aliphatic carbocycles. The molecule has 0 N–H and O–H groups in total. The van der Waals surface area contributed by atoms with E-state index in [0.717, 1.165) is 32.1 Å². The van der Waals surface area contributed by atoms with Crippen molar-refractivity contribution >= 4 is 11.9 Å². The lowest BCUT2D eigenvalue weighted by Gasteiger charge is -2.64. The van der Waals surface area contributed by atoms with E-state index in [-0.39, 0.29) is 16.9 Å². The molecule has 1 aliphatic heterocycles. The standard InChI is InChI=1S/C25H32O4/c1-28-22(26)20-17-24-15-11-6-4-2-3-5-7-12-16-25(24,29-23(20)27)18-21(24)19-13-9-8-10-14-19/h8-10,13-14,17,21H,2-7,11-12,15-16,18H2,1H3/t21-,24?,25?/m0/s1. The van der Waals surface area contributed by atoms with Crippen molar-refractivity contribution in [1.29, 1.82) is 0 Å². The van der Waals surface area contributed by atoms with Crippen molar-refractivity contribution in [3.63, 3.8) is 0 Å². The van der Waals surface area contributed by atoms with E-state index in [1.54, 1.807) is 0 Å². The molecule has 0 spiro atoms. The van der Waals surface area contributed by atoms with Crippen molar-refractivity contribution in [3.05, 3.63) is 47.5 Å². The topological polar surface area (TPSA) is 52.6 Å². The highest BCUT2D eigenvalue weighted by atomic mass is 16.6. The zero-order valence-electron chi connectivity index (χ0n) is 17.5. The largest absolute Gasteiger partial charge is 0.465 e. The zero-order valence-corrected chi connectivity index (χ0v) is 17.5. The molecule has 4 heteroatoms. The molecule has 1 aromatic rings. The fourth-order valence-electron chi connectivity index (χ4n) is 5.91. The molecule has 0 saturated heterocycles. The van der Waals surface area contributed by atoms with Crippen LogP contribution in [0.25, 0.3) is 0 Å². The molecule has 3 atom stereocenters. The van der Waals surface area contributed by atoms with E-state index >= 15 is 0 Å². The van der Waals surface area contributed by atoms with Crippen LogP contribution in [0.1, 0.15) is 82.1 Å². The minimum absolute atomic E-state index is 0.0795. The van der Waals surface area contributed by atoms with E-state index < -0.39 is 17.5 Å². The van der Waals surface area contributed by atoms with Crippen LogP contribution in [0.15, 0.2) is 42.0 Å². The summed E-state index contributed by atoms with van der Waals surface area (Å²) >= 11 is 0. The number of hydrogen-bond acceptors (Lipinski definition) is 4. The van der Waals surface area contributed by atoms with Crippen LogP contribution in [-0.2, 0) is 19.1 Å². The Bertz CT molecular complexity index is 783. The molecule has 3 aliphatic rings. The van der Waals surface area contributed by atoms with Crippen molar-refractivity contribution in [2.75, 3.05) is 7.11 Å². The van der Waals surface area contributed by atoms with Crippen LogP contribution in [0.3, 0.4) is 0 Å². The minimum atomic E-state index is -0.581. The summed E-state index contributed by atoms with van der Waals surface area (Å²) in [5.74, 6) is -0.826. The Hall–Kier alpha value is -2.10. The number of benzene rings is 1. The average Bonchev–Trinajstić information content (AvgIpc) is 2.73. The smallest absolute Gasteiger partial charge is 0.345 e. The summed E-state index contributed by atoms with van der Waals surface area (Å²) in [4.78, 5) is 25.1. The second kappa shape index (κ2) is 8.33. The second-order valence-corrected chi connectivity index (χ2v) is 8.97. The first kappa shape index (κ1) is 20.2. The van der Waals surface area contributed by atoms with Gasteiger partial charge in [-0.1, -0.05) is 81.4 Å². The number of methoxy groups -OCH3 is 1. The van der Waals surface area contributed by atoms with Crippen molar-refractivity contribution in [2.45, 2.75) is 82.1 Å². The highest BCUT2D eigenvalue weighted by Crippen LogP contribution is 2.68. The van der Waals surface area contributed by atoms with E-state index in [2.05, 4.69) is 24.3 Å². The molecule has 1 aromatic carbocycles. The van der Waals surface area contributed by atoms with Gasteiger partial charge in [-0.25, -0.2) is 9.59 Å². The summed E-state index contributed by atoms with van der Waals surface area (Å²) in [6.45, 7) is 0. The van der Waals surface area contributed by atoms with E-state index in [1.165, 1.54) is 51.2 Å². The number of rotatable bonds is 2. The average molecular weight is 397 g/mol. The van der Waals surface area contributed by atoms with Crippen LogP contribution >= 0.6 is 0 Å². The quantitative estimate of drug-likeness (QED) is 0.491. The molecule has 4 rings (SSSR count). The molecule has 29 heavy (non-hydrogen) atoms. The van der Waals surface area contributed by atoms with Gasteiger partial charge in [0, 0.05) is 11.3 Å². The lowest BCUT2D eigenvalue weighted by molar-refractivity contribution is -0.215. The SMILES string of the molecule is COC(=O)C1=CC23CCCCCCCCCCC2(C[C@H]3c2ccccc2)OC1=O. The van der Waals surface area contributed by atoms with Gasteiger partial charge < -0.3 is 9.47 Å². The molecule has 0 radical (unpaired) electrons. The Morgan fingerprint density at radius 2 is 1.59 bits per heavy atom. The van der Waals surface area contributed by atoms with Gasteiger partial charge >= 0.3 is 11.9 Å². The number of carbonyl (C=O) groups is 2. The van der Waals surface area contributed by atoms with Gasteiger partial charge in [0.25, 0.3) is 0 Å². The minimum Gasteiger partial charge on any atom is -0.465 e. The van der Waals surface area contributed by atoms with Crippen LogP contribution in [0.5, 0.6) is 0 Å². The molecule has 1 heterocycles. The third kappa shape index (κ3) is 3.51. The molecule has 2 fully saturated rings. The van der Waals surface area contributed by atoms with Crippen molar-refractivity contribution in [3.8, 4) is 0 Å². The normalized spacial score (nSPS) is 32.8. The summed E-state index contributed by atoms with van der Waals surface area (Å²) in [6, 6.07) is 10.5. The predicted molar refractivity (Wildman–Crippen MR) is 111 cm³/mol. The number of esters is 2. The van der Waals surface area contributed by atoms with Gasteiger partial charge in [-0.3, -0.25) is 0 Å². The fraction of sp³-hybridized carbons (Fsp3) is 0.600. The van der Waals surface area contributed by atoms with E-state index in [9.17, 15) is 9.59 Å². The van der Waals surface area contributed by atoms with Crippen LogP contribution in [0, 0.1) is 5.41 Å². The highest BCUT2D eigenvalue weighted by molar-refractivity contribution is 6.15. The van der Waals surface area contributed by atoms with Crippen LogP contribution < -0.4 is 0 Å². The molecule has 0 amide bonds. The monoisotopic (exact) mass is 396 g/mol. The van der Waals surface area contributed by atoms with Crippen LogP contribution in [0.4, 0.5) is 0 Å². The summed E-state index contributed by atoms with van der Waals surface area (Å²) in [7, 11) is 1.33. The molecule has 0 bridgehead atoms. The van der Waals surface area contributed by atoms with Gasteiger partial charge in [0.05, 0.1) is 7.11 Å². The summed E-state index contributed by atoms with van der Waals surface area (Å²) in [6.07, 6.45) is 14.3. The number of hydrogen-bond donors (Lipinski definition) is 0. The molecule has 0 aromatic heterocycles. The first-order valence-electron chi connectivity index (χ1n) is 11.2. The van der Waals surface area contributed by atoms with Crippen molar-refractivity contribution < 1.29 is 19.1 Å². The van der Waals surface area contributed by atoms with Crippen molar-refractivity contribution in [2.24, 2.45) is 5.41 Å². The Balaban J connectivity index is 1.77. The first-order valence-corrected chi connectivity index (χ1v) is 11.2. The second-order valence-electron chi connectivity index (χ2n) is 8.97. The molecule has 156 valence electrons.